The number of anilines is 2. The second kappa shape index (κ2) is 18.2. The fourth-order valence-corrected chi connectivity index (χ4v) is 7.60. The number of para-hydroxylation sites is 1. The van der Waals surface area contributed by atoms with Gasteiger partial charge in [0.25, 0.3) is 11.5 Å². The van der Waals surface area contributed by atoms with Crippen molar-refractivity contribution in [3.8, 4) is 6.07 Å². The lowest BCUT2D eigenvalue weighted by atomic mass is 10.0. The third-order valence-corrected chi connectivity index (χ3v) is 10.4. The fourth-order valence-electron chi connectivity index (χ4n) is 6.31. The van der Waals surface area contributed by atoms with Gasteiger partial charge in [-0.05, 0) is 50.0 Å². The van der Waals surface area contributed by atoms with Gasteiger partial charge in [-0.1, -0.05) is 88.0 Å². The van der Waals surface area contributed by atoms with Crippen LogP contribution in [0.5, 0.6) is 0 Å². The van der Waals surface area contributed by atoms with Gasteiger partial charge in [0.05, 0.1) is 10.6 Å². The summed E-state index contributed by atoms with van der Waals surface area (Å²) in [7, 11) is 0. The average molecular weight is 696 g/mol. The first-order valence-corrected chi connectivity index (χ1v) is 18.3. The van der Waals surface area contributed by atoms with Crippen molar-refractivity contribution in [2.24, 2.45) is 0 Å². The highest BCUT2D eigenvalue weighted by atomic mass is 32.2. The average Bonchev–Trinajstić information content (AvgIpc) is 3.34. The number of benzene rings is 1. The molecule has 2 aliphatic rings. The monoisotopic (exact) mass is 695 g/mol. The molecule has 0 atom stereocenters. The van der Waals surface area contributed by atoms with Crippen molar-refractivity contribution in [2.75, 3.05) is 42.5 Å². The van der Waals surface area contributed by atoms with Gasteiger partial charge in [-0.3, -0.25) is 23.9 Å². The number of halogens is 1. The van der Waals surface area contributed by atoms with E-state index in [9.17, 15) is 24.0 Å². The van der Waals surface area contributed by atoms with Crippen molar-refractivity contribution < 1.29 is 19.1 Å². The molecule has 12 heteroatoms. The summed E-state index contributed by atoms with van der Waals surface area (Å²) in [5.74, 6) is -0.488. The number of pyridine rings is 1. The molecule has 0 saturated carbocycles. The van der Waals surface area contributed by atoms with E-state index in [1.165, 1.54) is 17.8 Å². The van der Waals surface area contributed by atoms with Crippen molar-refractivity contribution >= 4 is 57.8 Å². The summed E-state index contributed by atoms with van der Waals surface area (Å²) in [6, 6.07) is 8.84. The van der Waals surface area contributed by atoms with Gasteiger partial charge >= 0.3 is 5.97 Å². The van der Waals surface area contributed by atoms with Gasteiger partial charge < -0.3 is 14.9 Å². The van der Waals surface area contributed by atoms with Crippen molar-refractivity contribution in [3.63, 3.8) is 0 Å². The van der Waals surface area contributed by atoms with E-state index < -0.39 is 5.97 Å². The van der Waals surface area contributed by atoms with Crippen LogP contribution in [0.2, 0.25) is 0 Å². The highest BCUT2D eigenvalue weighted by Gasteiger charge is 2.33. The van der Waals surface area contributed by atoms with Crippen LogP contribution in [0.15, 0.2) is 34.0 Å². The number of hydrogen-bond acceptors (Lipinski definition) is 8. The van der Waals surface area contributed by atoms with Gasteiger partial charge in [-0.25, -0.2) is 4.39 Å². The van der Waals surface area contributed by atoms with E-state index >= 15 is 0 Å². The Morgan fingerprint density at radius 1 is 0.979 bits per heavy atom. The van der Waals surface area contributed by atoms with Gasteiger partial charge in [0.2, 0.25) is 0 Å². The molecule has 1 aromatic carbocycles. The van der Waals surface area contributed by atoms with Crippen LogP contribution in [-0.4, -0.2) is 63.5 Å². The van der Waals surface area contributed by atoms with E-state index in [1.807, 2.05) is 11.0 Å². The van der Waals surface area contributed by atoms with Gasteiger partial charge in [0, 0.05) is 51.3 Å². The molecule has 4 rings (SSSR count). The zero-order chi connectivity index (χ0) is 34.6. The fraction of sp³-hybridized carbons (Fsp3) is 0.528. The Morgan fingerprint density at radius 2 is 1.60 bits per heavy atom. The summed E-state index contributed by atoms with van der Waals surface area (Å²) in [6.07, 6.45) is 11.4. The lowest BCUT2D eigenvalue weighted by Crippen LogP contribution is -2.49. The molecule has 9 nitrogen and oxygen atoms in total. The number of rotatable bonds is 17. The zero-order valence-corrected chi connectivity index (χ0v) is 29.6. The third kappa shape index (κ3) is 9.26. The summed E-state index contributed by atoms with van der Waals surface area (Å²) < 4.78 is 16.8. The van der Waals surface area contributed by atoms with E-state index in [-0.39, 0.29) is 29.3 Å². The largest absolute Gasteiger partial charge is 0.481 e. The Labute approximate surface area is 292 Å². The molecular weight excluding hydrogens is 650 g/mol. The van der Waals surface area contributed by atoms with Crippen molar-refractivity contribution in [1.29, 1.82) is 5.26 Å². The number of carbonyl (C=O) groups excluding carboxylic acids is 1. The molecule has 2 saturated heterocycles. The number of nitriles is 1. The van der Waals surface area contributed by atoms with Crippen molar-refractivity contribution in [3.05, 3.63) is 62.0 Å². The minimum atomic E-state index is -0.740. The SMILES string of the molecule is CCCCn1c(N2CCN(c3ccccc3F)CC2)c(C=C2SC(=S)N(CCCCCCCCCCC(=O)O)C2=O)c(C)c(C#N)c1=O. The zero-order valence-electron chi connectivity index (χ0n) is 28.0. The Morgan fingerprint density at radius 3 is 2.23 bits per heavy atom. The van der Waals surface area contributed by atoms with Crippen LogP contribution in [0.3, 0.4) is 0 Å². The molecule has 1 N–H and O–H groups in total. The summed E-state index contributed by atoms with van der Waals surface area (Å²) in [5, 5.41) is 18.8. The molecule has 1 aromatic heterocycles. The van der Waals surface area contributed by atoms with Crippen molar-refractivity contribution in [1.82, 2.24) is 9.47 Å². The highest BCUT2D eigenvalue weighted by molar-refractivity contribution is 8.26. The first-order chi connectivity index (χ1) is 23.2. The number of unbranched alkanes of at least 4 members (excludes halogenated alkanes) is 8. The number of carboxylic acids is 1. The first kappa shape index (κ1) is 37.1. The maximum atomic E-state index is 14.6. The molecule has 48 heavy (non-hydrogen) atoms. The molecule has 0 aliphatic carbocycles. The number of thiocarbonyl (C=S) groups is 1. The van der Waals surface area contributed by atoms with Gasteiger partial charge in [-0.2, -0.15) is 5.26 Å². The minimum Gasteiger partial charge on any atom is -0.481 e. The minimum absolute atomic E-state index is 0.0726. The predicted molar refractivity (Wildman–Crippen MR) is 195 cm³/mol. The maximum absolute atomic E-state index is 14.6. The number of piperazine rings is 1. The number of thioether (sulfide) groups is 1. The topological polar surface area (TPSA) is 110 Å². The second-order valence-corrected chi connectivity index (χ2v) is 14.1. The summed E-state index contributed by atoms with van der Waals surface area (Å²) in [6.45, 7) is 6.96. The van der Waals surface area contributed by atoms with E-state index in [0.29, 0.717) is 71.1 Å². The maximum Gasteiger partial charge on any atom is 0.303 e. The Balaban J connectivity index is 1.51. The molecule has 0 spiro atoms. The Kier molecular flexibility index (Phi) is 14.1. The first-order valence-electron chi connectivity index (χ1n) is 17.1. The van der Waals surface area contributed by atoms with E-state index in [0.717, 1.165) is 64.2 Å². The Bertz CT molecular complexity index is 1610. The standard InChI is InChI=1S/C36H46FN5O4S2/c1-3-4-18-41-33(40-22-20-39(21-23-40)30-16-13-12-15-29(30)37)27(26(2)28(25-38)34(41)45)24-31-35(46)42(36(47)48-31)19-14-10-8-6-5-7-9-11-17-32(43)44/h12-13,15-16,24H,3-11,14,17-23H2,1-2H3,(H,43,44). The molecule has 2 fully saturated rings. The number of amides is 1. The number of aromatic nitrogens is 1. The van der Waals surface area contributed by atoms with Crippen LogP contribution >= 0.6 is 24.0 Å². The highest BCUT2D eigenvalue weighted by Crippen LogP contribution is 2.36. The smallest absolute Gasteiger partial charge is 0.303 e. The normalized spacial score (nSPS) is 15.9. The lowest BCUT2D eigenvalue weighted by Gasteiger charge is -2.39. The molecule has 0 bridgehead atoms. The molecular formula is C36H46FN5O4S2. The van der Waals surface area contributed by atoms with Crippen LogP contribution in [0, 0.1) is 24.1 Å². The van der Waals surface area contributed by atoms with Crippen LogP contribution in [0.4, 0.5) is 15.9 Å². The number of carboxylic acid groups (broad SMARTS) is 1. The van der Waals surface area contributed by atoms with E-state index in [2.05, 4.69) is 17.9 Å². The Hall–Kier alpha value is -3.69. The van der Waals surface area contributed by atoms with Crippen LogP contribution in [0.1, 0.15) is 94.2 Å². The molecule has 0 unspecified atom stereocenters. The van der Waals surface area contributed by atoms with Crippen LogP contribution in [0.25, 0.3) is 6.08 Å². The second-order valence-electron chi connectivity index (χ2n) is 12.4. The van der Waals surface area contributed by atoms with Gasteiger partial charge in [0.15, 0.2) is 0 Å². The number of nitrogens with zero attached hydrogens (tertiary/aromatic N) is 5. The predicted octanol–water partition coefficient (Wildman–Crippen LogP) is 7.09. The van der Waals surface area contributed by atoms with Crippen LogP contribution < -0.4 is 15.4 Å². The van der Waals surface area contributed by atoms with Crippen molar-refractivity contribution in [2.45, 2.75) is 91.0 Å². The van der Waals surface area contributed by atoms with Gasteiger partial charge in [0.1, 0.15) is 27.6 Å². The molecule has 2 aliphatic heterocycles. The molecule has 2 aromatic rings. The van der Waals surface area contributed by atoms with Crippen LogP contribution in [-0.2, 0) is 16.1 Å². The molecule has 258 valence electrons. The van der Waals surface area contributed by atoms with Gasteiger partial charge in [-0.15, -0.1) is 0 Å². The molecule has 3 heterocycles. The summed E-state index contributed by atoms with van der Waals surface area (Å²) >= 11 is 6.89. The molecule has 1 amide bonds. The lowest BCUT2D eigenvalue weighted by molar-refractivity contribution is -0.137. The quantitative estimate of drug-likeness (QED) is 0.105. The number of aliphatic carboxylic acids is 1. The number of carbonyl (C=O) groups is 2. The number of hydrogen-bond donors (Lipinski definition) is 1. The van der Waals surface area contributed by atoms with E-state index in [4.69, 9.17) is 17.3 Å². The third-order valence-electron chi connectivity index (χ3n) is 9.03. The molecule has 0 radical (unpaired) electrons. The summed E-state index contributed by atoms with van der Waals surface area (Å²) in [5.41, 5.74) is 1.50. The summed E-state index contributed by atoms with van der Waals surface area (Å²) in [4.78, 5) is 44.2. The van der Waals surface area contributed by atoms with E-state index in [1.54, 1.807) is 34.6 Å².